The molecule has 4 aliphatic rings. The van der Waals surface area contributed by atoms with Crippen LogP contribution < -0.4 is 19.5 Å². The molecule has 1 amide bonds. The zero-order chi connectivity index (χ0) is 25.0. The van der Waals surface area contributed by atoms with E-state index in [1.807, 2.05) is 48.5 Å². The Bertz CT molecular complexity index is 1240. The van der Waals surface area contributed by atoms with E-state index in [9.17, 15) is 18.0 Å². The van der Waals surface area contributed by atoms with Gasteiger partial charge in [-0.25, -0.2) is 4.98 Å². The standard InChI is InChI=1S/C22H25N5O.C2HF3O2/c1-26-13-17(12-23-26)20-24-19(18-4-2-3-5-27(18)20)21(28)25-22-9-14-6-15(10-22)8-16(7-14)11-22;3-2(4,5)1(6)7/h2-5,12-16H,6-11H2,1H3,(H,25,28);(H,6,7)/p+1. The lowest BCUT2D eigenvalue weighted by Crippen LogP contribution is -2.59. The van der Waals surface area contributed by atoms with E-state index in [4.69, 9.17) is 9.90 Å². The van der Waals surface area contributed by atoms with Gasteiger partial charge in [0.1, 0.15) is 5.97 Å². The number of aromatic amines is 2. The zero-order valence-electron chi connectivity index (χ0n) is 19.2. The highest BCUT2D eigenvalue weighted by atomic mass is 19.4. The minimum Gasteiger partial charge on any atom is -0.542 e. The Kier molecular flexibility index (Phi) is 5.60. The normalized spacial score (nSPS) is 26.9. The molecule has 0 saturated heterocycles. The van der Waals surface area contributed by atoms with E-state index >= 15 is 0 Å². The number of fused-ring (bicyclic) bond motifs is 1. The molecule has 4 fully saturated rings. The smallest absolute Gasteiger partial charge is 0.430 e. The number of rotatable bonds is 3. The number of nitrogens with zero attached hydrogens (tertiary/aromatic N) is 2. The minimum absolute atomic E-state index is 0.0173. The number of H-pyrrole nitrogens is 2. The van der Waals surface area contributed by atoms with Crippen molar-refractivity contribution in [2.75, 3.05) is 0 Å². The first-order valence-corrected chi connectivity index (χ1v) is 11.7. The van der Waals surface area contributed by atoms with Crippen LogP contribution in [0.4, 0.5) is 13.2 Å². The number of aromatic nitrogens is 4. The molecule has 3 aromatic heterocycles. The maximum absolute atomic E-state index is 13.4. The van der Waals surface area contributed by atoms with E-state index in [-0.39, 0.29) is 11.4 Å². The number of alkyl halides is 3. The van der Waals surface area contributed by atoms with Gasteiger partial charge >= 0.3 is 6.18 Å². The van der Waals surface area contributed by atoms with E-state index in [0.29, 0.717) is 5.69 Å². The fourth-order valence-corrected chi connectivity index (χ4v) is 6.62. The third-order valence-corrected chi connectivity index (χ3v) is 7.51. The first-order chi connectivity index (χ1) is 16.5. The lowest BCUT2D eigenvalue weighted by molar-refractivity contribution is -0.726. The second kappa shape index (κ2) is 8.39. The number of halogens is 3. The maximum atomic E-state index is 13.4. The summed E-state index contributed by atoms with van der Waals surface area (Å²) in [5.41, 5.74) is 2.62. The maximum Gasteiger partial charge on any atom is 0.430 e. The predicted octanol–water partition coefficient (Wildman–Crippen LogP) is 1.57. The molecule has 0 aliphatic heterocycles. The van der Waals surface area contributed by atoms with Crippen molar-refractivity contribution in [2.45, 2.75) is 50.2 Å². The fraction of sp³-hybridized carbons (Fsp3) is 0.500. The van der Waals surface area contributed by atoms with Crippen LogP contribution in [0.5, 0.6) is 0 Å². The molecule has 3 aromatic rings. The van der Waals surface area contributed by atoms with Gasteiger partial charge in [0.2, 0.25) is 11.9 Å². The summed E-state index contributed by atoms with van der Waals surface area (Å²) >= 11 is 0. The SMILES string of the molecule is C[n+]1cc(-c2[nH]c(C(=O)NC34CC5CC(CC(C5)C3)C4)c3cccc[n+]23)c[nH]1.O=C([O-])C(F)(F)F. The Balaban J connectivity index is 0.000000320. The Morgan fingerprint density at radius 3 is 2.23 bits per heavy atom. The highest BCUT2D eigenvalue weighted by molar-refractivity contribution is 5.99. The summed E-state index contributed by atoms with van der Waals surface area (Å²) in [5.74, 6) is 0.401. The Morgan fingerprint density at radius 1 is 1.11 bits per heavy atom. The van der Waals surface area contributed by atoms with Crippen LogP contribution in [0, 0.1) is 17.8 Å². The van der Waals surface area contributed by atoms with Gasteiger partial charge in [-0.1, -0.05) is 6.07 Å². The van der Waals surface area contributed by atoms with Gasteiger partial charge in [-0.05, 0) is 68.4 Å². The van der Waals surface area contributed by atoms with Gasteiger partial charge < -0.3 is 15.2 Å². The van der Waals surface area contributed by atoms with Gasteiger partial charge in [-0.2, -0.15) is 22.7 Å². The van der Waals surface area contributed by atoms with Crippen molar-refractivity contribution in [2.24, 2.45) is 24.8 Å². The van der Waals surface area contributed by atoms with Crippen LogP contribution in [0.1, 0.15) is 49.0 Å². The molecule has 4 aliphatic carbocycles. The van der Waals surface area contributed by atoms with Crippen LogP contribution in [0.15, 0.2) is 36.8 Å². The number of hydrogen-bond acceptors (Lipinski definition) is 3. The van der Waals surface area contributed by atoms with Gasteiger partial charge in [0, 0.05) is 5.54 Å². The number of imidazole rings is 1. The number of pyridine rings is 1. The lowest BCUT2D eigenvalue weighted by Gasteiger charge is -2.56. The number of hydrogen-bond donors (Lipinski definition) is 3. The number of carboxylic acid groups (broad SMARTS) is 1. The van der Waals surface area contributed by atoms with Gasteiger partial charge in [-0.15, -0.1) is 4.68 Å². The quantitative estimate of drug-likeness (QED) is 0.485. The molecule has 4 saturated carbocycles. The molecule has 0 aromatic carbocycles. The van der Waals surface area contributed by atoms with Gasteiger partial charge in [0.05, 0.1) is 12.4 Å². The number of carbonyl (C=O) groups is 2. The van der Waals surface area contributed by atoms with Crippen molar-refractivity contribution < 1.29 is 36.9 Å². The minimum atomic E-state index is -5.19. The van der Waals surface area contributed by atoms with Crippen molar-refractivity contribution in [3.63, 3.8) is 0 Å². The Morgan fingerprint density at radius 2 is 1.71 bits per heavy atom. The van der Waals surface area contributed by atoms with Crippen LogP contribution in [-0.2, 0) is 11.8 Å². The summed E-state index contributed by atoms with van der Waals surface area (Å²) in [5, 5.41) is 15.4. The first kappa shape index (κ1) is 23.4. The van der Waals surface area contributed by atoms with Crippen molar-refractivity contribution in [3.8, 4) is 11.4 Å². The van der Waals surface area contributed by atoms with Crippen LogP contribution in [0.25, 0.3) is 16.9 Å². The molecule has 186 valence electrons. The highest BCUT2D eigenvalue weighted by Gasteiger charge is 2.52. The molecule has 11 heteroatoms. The Hall–Kier alpha value is -3.37. The number of carbonyl (C=O) groups excluding carboxylic acids is 2. The zero-order valence-corrected chi connectivity index (χ0v) is 19.2. The summed E-state index contributed by atoms with van der Waals surface area (Å²) in [6.45, 7) is 0. The number of nitrogens with one attached hydrogen (secondary N) is 3. The molecule has 0 spiro atoms. The molecule has 0 radical (unpaired) electrons. The fourth-order valence-electron chi connectivity index (χ4n) is 6.62. The lowest BCUT2D eigenvalue weighted by atomic mass is 9.53. The predicted molar refractivity (Wildman–Crippen MR) is 114 cm³/mol. The molecular weight excluding hydrogens is 463 g/mol. The second-order valence-electron chi connectivity index (χ2n) is 10.2. The van der Waals surface area contributed by atoms with E-state index in [2.05, 4.69) is 19.8 Å². The number of carboxylic acids is 1. The third kappa shape index (κ3) is 4.51. The molecule has 0 atom stereocenters. The van der Waals surface area contributed by atoms with Crippen LogP contribution in [0.2, 0.25) is 0 Å². The van der Waals surface area contributed by atoms with Crippen LogP contribution >= 0.6 is 0 Å². The molecular formula is C24H27F3N5O3+. The van der Waals surface area contributed by atoms with Gasteiger partial charge in [-0.3, -0.25) is 4.79 Å². The first-order valence-electron chi connectivity index (χ1n) is 11.7. The monoisotopic (exact) mass is 490 g/mol. The summed E-state index contributed by atoms with van der Waals surface area (Å²) in [6, 6.07) is 6.00. The largest absolute Gasteiger partial charge is 0.542 e. The number of amides is 1. The Labute approximate surface area is 199 Å². The highest BCUT2D eigenvalue weighted by Crippen LogP contribution is 2.55. The molecule has 4 bridgehead atoms. The molecule has 0 unspecified atom stereocenters. The van der Waals surface area contributed by atoms with E-state index in [1.165, 1.54) is 19.3 Å². The van der Waals surface area contributed by atoms with Crippen LogP contribution in [0.3, 0.4) is 0 Å². The molecule has 8 nitrogen and oxygen atoms in total. The average Bonchev–Trinajstić information content (AvgIpc) is 3.36. The summed E-state index contributed by atoms with van der Waals surface area (Å²) < 4.78 is 35.5. The van der Waals surface area contributed by atoms with Crippen molar-refractivity contribution in [1.82, 2.24) is 15.4 Å². The molecule has 3 heterocycles. The average molecular weight is 491 g/mol. The van der Waals surface area contributed by atoms with E-state index in [1.54, 1.807) is 0 Å². The van der Waals surface area contributed by atoms with E-state index < -0.39 is 12.1 Å². The molecule has 7 rings (SSSR count). The van der Waals surface area contributed by atoms with Crippen molar-refractivity contribution in [3.05, 3.63) is 42.5 Å². The molecule has 35 heavy (non-hydrogen) atoms. The summed E-state index contributed by atoms with van der Waals surface area (Å²) in [7, 11) is 1.96. The van der Waals surface area contributed by atoms with Gasteiger partial charge in [0.15, 0.2) is 18.1 Å². The third-order valence-electron chi connectivity index (χ3n) is 7.51. The van der Waals surface area contributed by atoms with Gasteiger partial charge in [0.25, 0.3) is 11.7 Å². The van der Waals surface area contributed by atoms with Crippen molar-refractivity contribution in [1.29, 1.82) is 0 Å². The van der Waals surface area contributed by atoms with E-state index in [0.717, 1.165) is 53.9 Å². The number of aryl methyl sites for hydroxylation is 1. The van der Waals surface area contributed by atoms with Crippen molar-refractivity contribution >= 4 is 17.4 Å². The molecule has 3 N–H and O–H groups in total. The van der Waals surface area contributed by atoms with Crippen LogP contribution in [-0.4, -0.2) is 33.7 Å². The summed E-state index contributed by atoms with van der Waals surface area (Å²) in [6.07, 6.45) is 8.42. The summed E-state index contributed by atoms with van der Waals surface area (Å²) in [4.78, 5) is 25.6. The number of aliphatic carboxylic acids is 1. The topological polar surface area (TPSA) is 109 Å². The second-order valence-corrected chi connectivity index (χ2v) is 10.2.